The van der Waals surface area contributed by atoms with Gasteiger partial charge in [0.1, 0.15) is 0 Å². The molecule has 6 nitrogen and oxygen atoms in total. The van der Waals surface area contributed by atoms with Crippen molar-refractivity contribution in [1.29, 1.82) is 0 Å². The van der Waals surface area contributed by atoms with E-state index >= 15 is 0 Å². The summed E-state index contributed by atoms with van der Waals surface area (Å²) in [4.78, 5) is 31.1. The van der Waals surface area contributed by atoms with Crippen LogP contribution in [0.3, 0.4) is 0 Å². The highest BCUT2D eigenvalue weighted by atomic mass is 35.5. The first kappa shape index (κ1) is 21.3. The maximum absolute atomic E-state index is 12.8. The molecule has 1 N–H and O–H groups in total. The molecule has 1 fully saturated rings. The van der Waals surface area contributed by atoms with E-state index in [4.69, 9.17) is 11.6 Å². The zero-order chi connectivity index (χ0) is 20.8. The predicted molar refractivity (Wildman–Crippen MR) is 117 cm³/mol. The van der Waals surface area contributed by atoms with Crippen molar-refractivity contribution in [3.05, 3.63) is 59.6 Å². The zero-order valence-corrected chi connectivity index (χ0v) is 17.6. The van der Waals surface area contributed by atoms with Gasteiger partial charge in [-0.25, -0.2) is 0 Å². The lowest BCUT2D eigenvalue weighted by Crippen LogP contribution is -2.55. The van der Waals surface area contributed by atoms with E-state index in [9.17, 15) is 9.59 Å². The first-order chi connectivity index (χ1) is 14.0. The Hall–Kier alpha value is -2.41. The molecule has 0 spiro atoms. The van der Waals surface area contributed by atoms with E-state index in [1.807, 2.05) is 56.4 Å². The van der Waals surface area contributed by atoms with Crippen LogP contribution in [-0.2, 0) is 9.59 Å². The number of nitrogens with one attached hydrogen (secondary N) is 1. The van der Waals surface area contributed by atoms with Gasteiger partial charge in [0.2, 0.25) is 11.8 Å². The molecule has 2 aromatic rings. The van der Waals surface area contributed by atoms with Gasteiger partial charge in [0.05, 0.1) is 23.3 Å². The monoisotopic (exact) mass is 414 g/mol. The number of amides is 2. The number of nitrogens with zero attached hydrogens (tertiary/aromatic N) is 3. The van der Waals surface area contributed by atoms with Crippen molar-refractivity contribution >= 4 is 34.8 Å². The fraction of sp³-hybridized carbons (Fsp3) is 0.364. The van der Waals surface area contributed by atoms with Crippen molar-refractivity contribution in [1.82, 2.24) is 9.80 Å². The van der Waals surface area contributed by atoms with Crippen LogP contribution in [0.1, 0.15) is 6.92 Å². The third-order valence-electron chi connectivity index (χ3n) is 5.30. The van der Waals surface area contributed by atoms with Gasteiger partial charge >= 0.3 is 0 Å². The molecule has 0 aliphatic carbocycles. The molecule has 1 atom stereocenters. The molecule has 2 amide bonds. The van der Waals surface area contributed by atoms with Crippen LogP contribution in [0, 0.1) is 0 Å². The summed E-state index contributed by atoms with van der Waals surface area (Å²) >= 11 is 6.09. The maximum atomic E-state index is 12.8. The number of rotatable bonds is 6. The van der Waals surface area contributed by atoms with Crippen molar-refractivity contribution < 1.29 is 9.59 Å². The first-order valence-electron chi connectivity index (χ1n) is 9.79. The van der Waals surface area contributed by atoms with E-state index in [2.05, 4.69) is 15.1 Å². The minimum absolute atomic E-state index is 0.0705. The molecule has 7 heteroatoms. The Labute approximate surface area is 177 Å². The SMILES string of the molecule is C[C@@H](C(=O)N(C)c1ccccc1)N1CCN(CC(=O)Nc2ccccc2Cl)CC1. The minimum atomic E-state index is -0.209. The smallest absolute Gasteiger partial charge is 0.243 e. The Kier molecular flexibility index (Phi) is 7.25. The second-order valence-corrected chi connectivity index (χ2v) is 7.66. The van der Waals surface area contributed by atoms with Gasteiger partial charge in [-0.3, -0.25) is 19.4 Å². The average Bonchev–Trinajstić information content (AvgIpc) is 2.75. The van der Waals surface area contributed by atoms with Crippen LogP contribution in [0.5, 0.6) is 0 Å². The van der Waals surface area contributed by atoms with Gasteiger partial charge in [0.15, 0.2) is 0 Å². The zero-order valence-electron chi connectivity index (χ0n) is 16.8. The molecule has 0 aromatic heterocycles. The van der Waals surface area contributed by atoms with Crippen molar-refractivity contribution in [2.75, 3.05) is 50.0 Å². The normalized spacial score (nSPS) is 16.2. The molecule has 1 aliphatic heterocycles. The Morgan fingerprint density at radius 1 is 1.03 bits per heavy atom. The molecule has 154 valence electrons. The van der Waals surface area contributed by atoms with E-state index in [0.717, 1.165) is 31.9 Å². The van der Waals surface area contributed by atoms with Crippen LogP contribution in [0.2, 0.25) is 5.02 Å². The number of halogens is 1. The maximum Gasteiger partial charge on any atom is 0.243 e. The lowest BCUT2D eigenvalue weighted by molar-refractivity contribution is -0.124. The molecule has 1 heterocycles. The number of benzene rings is 2. The number of hydrogen-bond acceptors (Lipinski definition) is 4. The fourth-order valence-electron chi connectivity index (χ4n) is 3.48. The third-order valence-corrected chi connectivity index (χ3v) is 5.63. The van der Waals surface area contributed by atoms with E-state index in [0.29, 0.717) is 17.3 Å². The summed E-state index contributed by atoms with van der Waals surface area (Å²) in [5.74, 6) is -0.0133. The van der Waals surface area contributed by atoms with Crippen molar-refractivity contribution in [3.63, 3.8) is 0 Å². The van der Waals surface area contributed by atoms with Crippen LogP contribution >= 0.6 is 11.6 Å². The topological polar surface area (TPSA) is 55.9 Å². The van der Waals surface area contributed by atoms with Gasteiger partial charge in [-0.1, -0.05) is 41.9 Å². The summed E-state index contributed by atoms with van der Waals surface area (Å²) in [6.45, 7) is 5.22. The summed E-state index contributed by atoms with van der Waals surface area (Å²) in [6.07, 6.45) is 0. The Bertz CT molecular complexity index is 838. The lowest BCUT2D eigenvalue weighted by Gasteiger charge is -2.38. The van der Waals surface area contributed by atoms with Crippen LogP contribution in [0.4, 0.5) is 11.4 Å². The molecule has 2 aromatic carbocycles. The third kappa shape index (κ3) is 5.56. The molecule has 29 heavy (non-hydrogen) atoms. The molecule has 1 saturated heterocycles. The van der Waals surface area contributed by atoms with Gasteiger partial charge in [-0.2, -0.15) is 0 Å². The fourth-order valence-corrected chi connectivity index (χ4v) is 3.66. The molecule has 0 bridgehead atoms. The Morgan fingerprint density at radius 3 is 2.31 bits per heavy atom. The largest absolute Gasteiger partial charge is 0.324 e. The minimum Gasteiger partial charge on any atom is -0.324 e. The highest BCUT2D eigenvalue weighted by Gasteiger charge is 2.28. The molecular weight excluding hydrogens is 388 g/mol. The van der Waals surface area contributed by atoms with E-state index in [1.54, 1.807) is 17.0 Å². The second-order valence-electron chi connectivity index (χ2n) is 7.25. The highest BCUT2D eigenvalue weighted by Crippen LogP contribution is 2.20. The van der Waals surface area contributed by atoms with Gasteiger partial charge < -0.3 is 10.2 Å². The standard InChI is InChI=1S/C22H27ClN4O2/c1-17(22(29)25(2)18-8-4-3-5-9-18)27-14-12-26(13-15-27)16-21(28)24-20-11-7-6-10-19(20)23/h3-11,17H,12-16H2,1-2H3,(H,24,28)/t17-/m0/s1. The number of carbonyl (C=O) groups excluding carboxylic acids is 2. The Morgan fingerprint density at radius 2 is 1.66 bits per heavy atom. The van der Waals surface area contributed by atoms with E-state index in [-0.39, 0.29) is 17.9 Å². The van der Waals surface area contributed by atoms with Gasteiger partial charge in [-0.05, 0) is 31.2 Å². The van der Waals surface area contributed by atoms with Crippen molar-refractivity contribution in [3.8, 4) is 0 Å². The van der Waals surface area contributed by atoms with Gasteiger partial charge in [0.25, 0.3) is 0 Å². The first-order valence-corrected chi connectivity index (χ1v) is 10.2. The molecule has 1 aliphatic rings. The predicted octanol–water partition coefficient (Wildman–Crippen LogP) is 2.95. The molecule has 0 unspecified atom stereocenters. The number of anilines is 2. The summed E-state index contributed by atoms with van der Waals surface area (Å²) in [5, 5.41) is 3.38. The van der Waals surface area contributed by atoms with Crippen LogP contribution < -0.4 is 10.2 Å². The summed E-state index contributed by atoms with van der Waals surface area (Å²) < 4.78 is 0. The van der Waals surface area contributed by atoms with Crippen LogP contribution in [-0.4, -0.2) is 67.4 Å². The average molecular weight is 415 g/mol. The van der Waals surface area contributed by atoms with Crippen molar-refractivity contribution in [2.45, 2.75) is 13.0 Å². The van der Waals surface area contributed by atoms with E-state index in [1.165, 1.54) is 0 Å². The van der Waals surface area contributed by atoms with E-state index < -0.39 is 0 Å². The molecule has 3 rings (SSSR count). The Balaban J connectivity index is 1.47. The summed E-state index contributed by atoms with van der Waals surface area (Å²) in [7, 11) is 1.81. The van der Waals surface area contributed by atoms with Crippen molar-refractivity contribution in [2.24, 2.45) is 0 Å². The summed E-state index contributed by atoms with van der Waals surface area (Å²) in [6, 6.07) is 16.6. The number of carbonyl (C=O) groups is 2. The number of likely N-dealkylation sites (N-methyl/N-ethyl adjacent to an activating group) is 1. The second kappa shape index (κ2) is 9.87. The highest BCUT2D eigenvalue weighted by molar-refractivity contribution is 6.33. The molecular formula is C22H27ClN4O2. The summed E-state index contributed by atoms with van der Waals surface area (Å²) in [5.41, 5.74) is 1.51. The van der Waals surface area contributed by atoms with Gasteiger partial charge in [-0.15, -0.1) is 0 Å². The molecule has 0 radical (unpaired) electrons. The molecule has 0 saturated carbocycles. The number of hydrogen-bond donors (Lipinski definition) is 1. The quantitative estimate of drug-likeness (QED) is 0.789. The lowest BCUT2D eigenvalue weighted by atomic mass is 10.2. The number of para-hydroxylation sites is 2. The van der Waals surface area contributed by atoms with Gasteiger partial charge in [0, 0.05) is 38.9 Å². The van der Waals surface area contributed by atoms with Crippen LogP contribution in [0.15, 0.2) is 54.6 Å². The van der Waals surface area contributed by atoms with Crippen LogP contribution in [0.25, 0.3) is 0 Å². The number of piperazine rings is 1.